The van der Waals surface area contributed by atoms with Gasteiger partial charge in [-0.15, -0.1) is 0 Å². The molecule has 46 heavy (non-hydrogen) atoms. The molecule has 1 fully saturated rings. The Morgan fingerprint density at radius 1 is 1.22 bits per heavy atom. The van der Waals surface area contributed by atoms with Crippen molar-refractivity contribution in [1.82, 2.24) is 29.7 Å². The Morgan fingerprint density at radius 2 is 1.98 bits per heavy atom. The lowest BCUT2D eigenvalue weighted by atomic mass is 9.84. The zero-order valence-electron chi connectivity index (χ0n) is 25.5. The average Bonchev–Trinajstić information content (AvgIpc) is 3.43. The average molecular weight is 698 g/mol. The summed E-state index contributed by atoms with van der Waals surface area (Å²) in [5, 5.41) is 6.21. The van der Waals surface area contributed by atoms with Gasteiger partial charge in [0.25, 0.3) is 0 Å². The molecule has 2 amide bonds. The maximum Gasteiger partial charge on any atom is 0.412 e. The lowest BCUT2D eigenvalue weighted by molar-refractivity contribution is -0.140. The lowest BCUT2D eigenvalue weighted by Gasteiger charge is -2.31. The fraction of sp³-hybridized carbons (Fsp3) is 0.344. The van der Waals surface area contributed by atoms with Gasteiger partial charge < -0.3 is 25.8 Å². The van der Waals surface area contributed by atoms with Crippen LogP contribution >= 0.6 is 15.9 Å². The van der Waals surface area contributed by atoms with Gasteiger partial charge in [0.1, 0.15) is 46.8 Å². The maximum absolute atomic E-state index is 14.3. The van der Waals surface area contributed by atoms with Crippen LogP contribution in [-0.4, -0.2) is 60.5 Å². The highest BCUT2D eigenvalue weighted by Gasteiger charge is 2.49. The van der Waals surface area contributed by atoms with Crippen molar-refractivity contribution in [1.29, 1.82) is 0 Å². The smallest absolute Gasteiger partial charge is 0.383 e. The van der Waals surface area contributed by atoms with Crippen LogP contribution in [-0.2, 0) is 16.1 Å². The van der Waals surface area contributed by atoms with E-state index in [1.807, 2.05) is 20.8 Å². The van der Waals surface area contributed by atoms with Gasteiger partial charge in [-0.2, -0.15) is 13.2 Å². The predicted molar refractivity (Wildman–Crippen MR) is 173 cm³/mol. The fourth-order valence-corrected chi connectivity index (χ4v) is 6.90. The van der Waals surface area contributed by atoms with Gasteiger partial charge in [0, 0.05) is 11.4 Å². The minimum Gasteiger partial charge on any atom is -0.383 e. The molecule has 1 saturated heterocycles. The summed E-state index contributed by atoms with van der Waals surface area (Å²) in [5.41, 5.74) is 7.94. The summed E-state index contributed by atoms with van der Waals surface area (Å²) >= 11 is 3.31. The van der Waals surface area contributed by atoms with E-state index < -0.39 is 18.3 Å². The van der Waals surface area contributed by atoms with Crippen LogP contribution < -0.4 is 16.4 Å². The van der Waals surface area contributed by atoms with Crippen molar-refractivity contribution in [2.24, 2.45) is 5.41 Å². The van der Waals surface area contributed by atoms with Gasteiger partial charge in [0.05, 0.1) is 10.9 Å². The third-order valence-electron chi connectivity index (χ3n) is 9.01. The predicted octanol–water partition coefficient (Wildman–Crippen LogP) is 5.72. The van der Waals surface area contributed by atoms with E-state index in [0.717, 1.165) is 0 Å². The quantitative estimate of drug-likeness (QED) is 0.228. The first-order valence-corrected chi connectivity index (χ1v) is 15.4. The number of aryl methyl sites for hydroxylation is 1. The van der Waals surface area contributed by atoms with E-state index in [9.17, 15) is 22.8 Å². The Labute approximate surface area is 271 Å². The van der Waals surface area contributed by atoms with Gasteiger partial charge >= 0.3 is 6.18 Å². The molecule has 3 atom stereocenters. The van der Waals surface area contributed by atoms with Crippen LogP contribution in [0.1, 0.15) is 38.3 Å². The first kappa shape index (κ1) is 31.5. The van der Waals surface area contributed by atoms with E-state index in [1.165, 1.54) is 24.7 Å². The number of rotatable bonds is 5. The minimum absolute atomic E-state index is 0.0503. The van der Waals surface area contributed by atoms with Gasteiger partial charge in [-0.05, 0) is 94.9 Å². The molecular weight excluding hydrogens is 665 g/mol. The highest BCUT2D eigenvalue weighted by molar-refractivity contribution is 9.10. The number of amides is 2. The van der Waals surface area contributed by atoms with Crippen LogP contribution in [0.15, 0.2) is 59.6 Å². The molecule has 2 aliphatic heterocycles. The number of nitrogen functional groups attached to an aromatic ring is 1. The molecule has 3 aromatic heterocycles. The number of allylic oxidation sites excluding steroid dienone is 2. The molecule has 2 aliphatic rings. The highest BCUT2D eigenvalue weighted by atomic mass is 79.9. The Balaban J connectivity index is 1.42. The van der Waals surface area contributed by atoms with E-state index >= 15 is 0 Å². The molecule has 4 aromatic rings. The number of likely N-dealkylation sites (tertiary alicyclic amines) is 1. The molecule has 4 N–H and O–H groups in total. The van der Waals surface area contributed by atoms with E-state index in [-0.39, 0.29) is 41.2 Å². The number of nitrogens with two attached hydrogens (primary N) is 1. The third-order valence-corrected chi connectivity index (χ3v) is 9.45. The summed E-state index contributed by atoms with van der Waals surface area (Å²) in [4.78, 5) is 42.3. The first-order chi connectivity index (χ1) is 21.7. The number of dihydropyridines is 1. The lowest BCUT2D eigenvalue weighted by Crippen LogP contribution is -2.48. The topological polar surface area (TPSA) is 131 Å². The van der Waals surface area contributed by atoms with Crippen molar-refractivity contribution in [2.75, 3.05) is 11.1 Å². The van der Waals surface area contributed by atoms with Crippen molar-refractivity contribution < 1.29 is 22.8 Å². The summed E-state index contributed by atoms with van der Waals surface area (Å²) in [6.07, 6.45) is 1.41. The van der Waals surface area contributed by atoms with Gasteiger partial charge in [-0.25, -0.2) is 15.0 Å². The number of nitrogens with zero attached hydrogens (tertiary/aromatic N) is 5. The van der Waals surface area contributed by atoms with Crippen molar-refractivity contribution in [3.8, 4) is 0 Å². The number of hydrogen-bond acceptors (Lipinski definition) is 7. The van der Waals surface area contributed by atoms with Crippen molar-refractivity contribution in [3.05, 3.63) is 70.7 Å². The number of benzene rings is 1. The maximum atomic E-state index is 14.3. The normalized spacial score (nSPS) is 21.0. The van der Waals surface area contributed by atoms with Gasteiger partial charge in [-0.3, -0.25) is 9.59 Å². The summed E-state index contributed by atoms with van der Waals surface area (Å²) in [6.45, 7) is 7.53. The molecular formula is C32H32BrF3N8O2. The monoisotopic (exact) mass is 696 g/mol. The van der Waals surface area contributed by atoms with Crippen molar-refractivity contribution >= 4 is 66.9 Å². The molecule has 0 spiro atoms. The van der Waals surface area contributed by atoms with Gasteiger partial charge in [0.2, 0.25) is 11.8 Å². The number of carbonyl (C=O) groups excluding carboxylic acids is 2. The van der Waals surface area contributed by atoms with Crippen LogP contribution in [0.3, 0.4) is 0 Å². The van der Waals surface area contributed by atoms with Crippen LogP contribution in [0.4, 0.5) is 24.8 Å². The number of halogens is 4. The molecule has 14 heteroatoms. The molecule has 0 saturated carbocycles. The molecule has 5 heterocycles. The summed E-state index contributed by atoms with van der Waals surface area (Å²) in [6, 6.07) is 5.52. The molecule has 240 valence electrons. The SMILES string of the molecule is Cc1cc(C2=CC=CNC2C(F)(F)F)cc2c3c(N)ncnc3n(CC(=O)N3[C@H](C(=O)Nc4cccc(Br)n4)CC(C)(C)[C@H]3C)c12. The number of anilines is 2. The second kappa shape index (κ2) is 11.4. The van der Waals surface area contributed by atoms with Crippen LogP contribution in [0.25, 0.3) is 27.5 Å². The number of hydrogen-bond donors (Lipinski definition) is 3. The molecule has 1 aromatic carbocycles. The van der Waals surface area contributed by atoms with Gasteiger partial charge in [-0.1, -0.05) is 26.0 Å². The standard InChI is InChI=1S/C32H32BrF3N8O2/c1-16-11-18(19-7-6-10-38-27(19)32(34,35)36)12-20-25-28(37)39-15-40-29(25)43(26(16)20)14-24(45)44-17(2)31(3,4)13-21(44)30(46)42-23-9-5-8-22(33)41-23/h5-12,15,17,21,27,38H,13-14H2,1-4H3,(H2,37,39,40)(H,41,42,46)/t17-,21+,27?/m1/s1. The number of aromatic nitrogens is 4. The van der Waals surface area contributed by atoms with Crippen molar-refractivity contribution in [2.45, 2.75) is 65.0 Å². The van der Waals surface area contributed by atoms with Crippen molar-refractivity contribution in [3.63, 3.8) is 0 Å². The number of pyridine rings is 1. The zero-order valence-corrected chi connectivity index (χ0v) is 27.1. The van der Waals surface area contributed by atoms with Crippen LogP contribution in [0, 0.1) is 12.3 Å². The largest absolute Gasteiger partial charge is 0.412 e. The Hall–Kier alpha value is -4.46. The Morgan fingerprint density at radius 3 is 2.70 bits per heavy atom. The number of carbonyl (C=O) groups is 2. The van der Waals surface area contributed by atoms with E-state index in [0.29, 0.717) is 49.9 Å². The Bertz CT molecular complexity index is 1950. The van der Waals surface area contributed by atoms with E-state index in [2.05, 4.69) is 41.5 Å². The molecule has 1 unspecified atom stereocenters. The second-order valence-corrected chi connectivity index (χ2v) is 13.2. The van der Waals surface area contributed by atoms with Crippen LogP contribution in [0.2, 0.25) is 0 Å². The summed E-state index contributed by atoms with van der Waals surface area (Å²) in [5.74, 6) is -0.179. The van der Waals surface area contributed by atoms with E-state index in [4.69, 9.17) is 5.73 Å². The fourth-order valence-electron chi connectivity index (χ4n) is 6.56. The molecule has 0 radical (unpaired) electrons. The second-order valence-electron chi connectivity index (χ2n) is 12.4. The molecule has 6 rings (SSSR count). The van der Waals surface area contributed by atoms with Crippen LogP contribution in [0.5, 0.6) is 0 Å². The zero-order chi connectivity index (χ0) is 33.1. The number of fused-ring (bicyclic) bond motifs is 3. The van der Waals surface area contributed by atoms with E-state index in [1.54, 1.807) is 46.7 Å². The number of nitrogens with one attached hydrogen (secondary N) is 2. The molecule has 10 nitrogen and oxygen atoms in total. The Kier molecular flexibility index (Phi) is 7.82. The highest BCUT2D eigenvalue weighted by Crippen LogP contribution is 2.42. The number of alkyl halides is 3. The first-order valence-electron chi connectivity index (χ1n) is 14.6. The molecule has 0 bridgehead atoms. The minimum atomic E-state index is -4.53. The third kappa shape index (κ3) is 5.48. The van der Waals surface area contributed by atoms with Gasteiger partial charge in [0.15, 0.2) is 0 Å². The summed E-state index contributed by atoms with van der Waals surface area (Å²) < 4.78 is 44.2. The molecule has 0 aliphatic carbocycles. The summed E-state index contributed by atoms with van der Waals surface area (Å²) in [7, 11) is 0.